The highest BCUT2D eigenvalue weighted by Gasteiger charge is 2.34. The molecular formula is C39H69NO7. The summed E-state index contributed by atoms with van der Waals surface area (Å²) in [4.78, 5) is 10.5. The highest BCUT2D eigenvalue weighted by molar-refractivity contribution is 5.73. The minimum absolute atomic E-state index is 0.143. The summed E-state index contributed by atoms with van der Waals surface area (Å²) < 4.78 is 5.47. The Bertz CT molecular complexity index is 883. The third kappa shape index (κ3) is 23.2. The molecular weight excluding hydrogens is 594 g/mol. The van der Waals surface area contributed by atoms with Gasteiger partial charge in [0.15, 0.2) is 0 Å². The standard InChI is InChI=1S/C25H48O6.C14H21NO/c1-2-3-4-5-6-7-8-9-10-11-12-13-15-20(27)21(28)16-14-17-24-22(29)18-23(30)25(19-26)31-24;15-14(16)12-8-3-1-2-5-9-13-10-6-4-7-11-13/h14,17,20-30H,2-13,15-16,18-19H2,1H3;4,6-7,10-11H,1-3,5,8-9,12H2,(H2,15,16)/b17-14+;. The number of hydrogen-bond donors (Lipinski definition) is 6. The van der Waals surface area contributed by atoms with Crippen molar-refractivity contribution in [1.29, 1.82) is 0 Å². The van der Waals surface area contributed by atoms with Gasteiger partial charge in [0, 0.05) is 12.8 Å². The van der Waals surface area contributed by atoms with Crippen LogP contribution < -0.4 is 5.73 Å². The van der Waals surface area contributed by atoms with Crippen LogP contribution in [0.15, 0.2) is 42.5 Å². The first-order valence-electron chi connectivity index (χ1n) is 18.8. The molecule has 0 bridgehead atoms. The summed E-state index contributed by atoms with van der Waals surface area (Å²) in [5, 5.41) is 49.2. The van der Waals surface area contributed by atoms with E-state index in [1.165, 1.54) is 89.0 Å². The molecule has 0 radical (unpaired) electrons. The van der Waals surface area contributed by atoms with Crippen LogP contribution >= 0.6 is 0 Å². The Hall–Kier alpha value is -1.81. The van der Waals surface area contributed by atoms with Crippen LogP contribution in [-0.4, -0.2) is 74.7 Å². The molecule has 2 rings (SSSR count). The normalized spacial score (nSPS) is 20.9. The number of aliphatic hydroxyl groups is 5. The van der Waals surface area contributed by atoms with Gasteiger partial charge in [0.05, 0.1) is 31.0 Å². The van der Waals surface area contributed by atoms with Gasteiger partial charge in [-0.05, 0) is 37.7 Å². The topological polar surface area (TPSA) is 153 Å². The van der Waals surface area contributed by atoms with E-state index in [1.807, 2.05) is 6.07 Å². The summed E-state index contributed by atoms with van der Waals surface area (Å²) in [6, 6.07) is 10.6. The lowest BCUT2D eigenvalue weighted by Gasteiger charge is -2.35. The minimum atomic E-state index is -0.882. The zero-order chi connectivity index (χ0) is 34.5. The molecule has 8 nitrogen and oxygen atoms in total. The van der Waals surface area contributed by atoms with Crippen molar-refractivity contribution in [2.24, 2.45) is 5.73 Å². The molecule has 1 aliphatic rings. The monoisotopic (exact) mass is 664 g/mol. The fraction of sp³-hybridized carbons (Fsp3) is 0.769. The third-order valence-electron chi connectivity index (χ3n) is 9.04. The number of hydrogen-bond acceptors (Lipinski definition) is 7. The zero-order valence-corrected chi connectivity index (χ0v) is 29.4. The second-order valence-electron chi connectivity index (χ2n) is 13.4. The van der Waals surface area contributed by atoms with Gasteiger partial charge >= 0.3 is 0 Å². The molecule has 7 N–H and O–H groups in total. The Balaban J connectivity index is 0.000000577. The molecule has 1 heterocycles. The highest BCUT2D eigenvalue weighted by Crippen LogP contribution is 2.22. The number of aliphatic hydroxyl groups excluding tert-OH is 5. The van der Waals surface area contributed by atoms with E-state index in [-0.39, 0.29) is 25.4 Å². The molecule has 1 amide bonds. The van der Waals surface area contributed by atoms with E-state index in [2.05, 4.69) is 31.2 Å². The van der Waals surface area contributed by atoms with Crippen molar-refractivity contribution < 1.29 is 35.1 Å². The van der Waals surface area contributed by atoms with Crippen molar-refractivity contribution in [2.45, 2.75) is 185 Å². The Morgan fingerprint density at radius 1 is 0.809 bits per heavy atom. The first-order valence-corrected chi connectivity index (χ1v) is 18.8. The molecule has 1 fully saturated rings. The van der Waals surface area contributed by atoms with Gasteiger partial charge in [-0.25, -0.2) is 0 Å². The van der Waals surface area contributed by atoms with E-state index < -0.39 is 36.6 Å². The third-order valence-corrected chi connectivity index (χ3v) is 9.04. The second kappa shape index (κ2) is 29.1. The summed E-state index contributed by atoms with van der Waals surface area (Å²) in [6.45, 7) is 1.94. The van der Waals surface area contributed by atoms with E-state index in [4.69, 9.17) is 10.5 Å². The van der Waals surface area contributed by atoms with Crippen LogP contribution in [0.3, 0.4) is 0 Å². The highest BCUT2D eigenvalue weighted by atomic mass is 16.5. The molecule has 1 saturated heterocycles. The van der Waals surface area contributed by atoms with Crippen LogP contribution in [0.25, 0.3) is 0 Å². The quantitative estimate of drug-likeness (QED) is 0.0478. The lowest BCUT2D eigenvalue weighted by molar-refractivity contribution is -0.163. The molecule has 0 aliphatic carbocycles. The first kappa shape index (κ1) is 43.2. The van der Waals surface area contributed by atoms with Crippen molar-refractivity contribution in [2.75, 3.05) is 6.61 Å². The predicted octanol–water partition coefficient (Wildman–Crippen LogP) is 6.67. The van der Waals surface area contributed by atoms with Crippen LogP contribution in [0.1, 0.15) is 147 Å². The number of ether oxygens (including phenoxy) is 1. The Kier molecular flexibility index (Phi) is 26.8. The van der Waals surface area contributed by atoms with Gasteiger partial charge in [0.25, 0.3) is 0 Å². The largest absolute Gasteiger partial charge is 0.394 e. The van der Waals surface area contributed by atoms with Crippen LogP contribution in [-0.2, 0) is 16.0 Å². The summed E-state index contributed by atoms with van der Waals surface area (Å²) in [7, 11) is 0. The van der Waals surface area contributed by atoms with Gasteiger partial charge in [-0.1, -0.05) is 146 Å². The van der Waals surface area contributed by atoms with Gasteiger partial charge in [0.1, 0.15) is 12.2 Å². The number of primary amides is 1. The summed E-state index contributed by atoms with van der Waals surface area (Å²) >= 11 is 0. The minimum Gasteiger partial charge on any atom is -0.394 e. The van der Waals surface area contributed by atoms with Gasteiger partial charge in [-0.3, -0.25) is 4.79 Å². The van der Waals surface area contributed by atoms with E-state index >= 15 is 0 Å². The van der Waals surface area contributed by atoms with E-state index in [1.54, 1.807) is 12.2 Å². The Morgan fingerprint density at radius 2 is 1.36 bits per heavy atom. The lowest BCUT2D eigenvalue weighted by Crippen LogP contribution is -2.47. The van der Waals surface area contributed by atoms with Gasteiger partial charge < -0.3 is 36.0 Å². The van der Waals surface area contributed by atoms with Crippen LogP contribution in [0.2, 0.25) is 0 Å². The number of rotatable bonds is 26. The summed E-state index contributed by atoms with van der Waals surface area (Å²) in [6.07, 6.45) is 22.4. The smallest absolute Gasteiger partial charge is 0.217 e. The number of unbranched alkanes of at least 4 members (excludes halogenated alkanes) is 15. The Labute approximate surface area is 285 Å². The zero-order valence-electron chi connectivity index (χ0n) is 29.4. The molecule has 6 unspecified atom stereocenters. The molecule has 0 saturated carbocycles. The van der Waals surface area contributed by atoms with Crippen molar-refractivity contribution in [3.63, 3.8) is 0 Å². The number of aryl methyl sites for hydroxylation is 1. The van der Waals surface area contributed by atoms with Crippen LogP contribution in [0, 0.1) is 0 Å². The fourth-order valence-electron chi connectivity index (χ4n) is 5.95. The van der Waals surface area contributed by atoms with Crippen LogP contribution in [0.4, 0.5) is 0 Å². The number of benzene rings is 1. The number of nitrogens with two attached hydrogens (primary N) is 1. The predicted molar refractivity (Wildman–Crippen MR) is 191 cm³/mol. The molecule has 0 aromatic heterocycles. The molecule has 47 heavy (non-hydrogen) atoms. The first-order chi connectivity index (χ1) is 22.8. The van der Waals surface area contributed by atoms with E-state index in [0.29, 0.717) is 12.8 Å². The molecule has 272 valence electrons. The number of carbonyl (C=O) groups is 1. The van der Waals surface area contributed by atoms with Gasteiger partial charge in [-0.15, -0.1) is 0 Å². The molecule has 1 aromatic rings. The van der Waals surface area contributed by atoms with Crippen molar-refractivity contribution in [3.8, 4) is 0 Å². The van der Waals surface area contributed by atoms with Gasteiger partial charge in [0.2, 0.25) is 5.91 Å². The summed E-state index contributed by atoms with van der Waals surface area (Å²) in [5.74, 6) is -0.177. The molecule has 1 aliphatic heterocycles. The second-order valence-corrected chi connectivity index (χ2v) is 13.4. The average molecular weight is 664 g/mol. The maximum absolute atomic E-state index is 10.5. The SMILES string of the molecule is CCCCCCCCCCCCCCC(O)C(O)C/C=C/C1OC(CO)C(O)CC1O.NC(=O)CCCCCCCc1ccccc1. The average Bonchev–Trinajstić information content (AvgIpc) is 3.06. The van der Waals surface area contributed by atoms with Crippen LogP contribution in [0.5, 0.6) is 0 Å². The van der Waals surface area contributed by atoms with Crippen molar-refractivity contribution in [3.05, 3.63) is 48.0 Å². The number of carbonyl (C=O) groups excluding carboxylic acids is 1. The molecule has 8 heteroatoms. The molecule has 6 atom stereocenters. The fourth-order valence-corrected chi connectivity index (χ4v) is 5.95. The van der Waals surface area contributed by atoms with E-state index in [9.17, 15) is 30.3 Å². The molecule has 1 aromatic carbocycles. The lowest BCUT2D eigenvalue weighted by atomic mass is 9.97. The maximum atomic E-state index is 10.5. The maximum Gasteiger partial charge on any atom is 0.217 e. The van der Waals surface area contributed by atoms with Gasteiger partial charge in [-0.2, -0.15) is 0 Å². The van der Waals surface area contributed by atoms with Crippen molar-refractivity contribution >= 4 is 5.91 Å². The van der Waals surface area contributed by atoms with Crippen molar-refractivity contribution in [1.82, 2.24) is 0 Å². The summed E-state index contributed by atoms with van der Waals surface area (Å²) in [5.41, 5.74) is 6.49. The van der Waals surface area contributed by atoms with E-state index in [0.717, 1.165) is 32.1 Å². The Morgan fingerprint density at radius 3 is 1.94 bits per heavy atom. The number of amides is 1. The molecule has 0 spiro atoms.